The van der Waals surface area contributed by atoms with E-state index in [4.69, 9.17) is 9.73 Å². The van der Waals surface area contributed by atoms with Gasteiger partial charge in [0.25, 0.3) is 6.43 Å². The minimum Gasteiger partial charge on any atom is -0.497 e. The van der Waals surface area contributed by atoms with Gasteiger partial charge in [-0.15, -0.1) is 0 Å². The fourth-order valence-electron chi connectivity index (χ4n) is 4.83. The Hall–Kier alpha value is -3.52. The zero-order valence-corrected chi connectivity index (χ0v) is 20.3. The predicted octanol–water partition coefficient (Wildman–Crippen LogP) is 6.16. The van der Waals surface area contributed by atoms with Crippen LogP contribution >= 0.6 is 0 Å². The summed E-state index contributed by atoms with van der Waals surface area (Å²) in [6.07, 6.45) is -0.759. The number of fused-ring (bicyclic) bond motifs is 2. The van der Waals surface area contributed by atoms with E-state index in [1.165, 1.54) is 29.8 Å². The number of piperazine rings is 1. The van der Waals surface area contributed by atoms with Crippen LogP contribution in [0.5, 0.6) is 5.75 Å². The molecule has 1 N–H and O–H groups in total. The number of benzene rings is 3. The second-order valence-corrected chi connectivity index (χ2v) is 9.29. The standard InChI is InChI=1S/C28H29F3N4O/c1-34-13-14-35(17-21(34)8-3-18-4-9-22(36-2)10-5-18)28-23-15-19(27(30)31)6-11-24(23)32-25-12-7-20(29)16-26(25)33-28/h4-7,9-12,15-16,21,27,32H,3,8,13-14,17H2,1-2H3. The largest absolute Gasteiger partial charge is 0.497 e. The summed E-state index contributed by atoms with van der Waals surface area (Å²) in [6.45, 7) is 2.19. The lowest BCUT2D eigenvalue weighted by Crippen LogP contribution is -2.53. The molecular formula is C28H29F3N4O. The zero-order valence-electron chi connectivity index (χ0n) is 20.3. The van der Waals surface area contributed by atoms with Gasteiger partial charge < -0.3 is 15.0 Å². The second-order valence-electron chi connectivity index (χ2n) is 9.29. The first-order valence-corrected chi connectivity index (χ1v) is 12.1. The Balaban J connectivity index is 1.45. The third-order valence-corrected chi connectivity index (χ3v) is 6.99. The summed E-state index contributed by atoms with van der Waals surface area (Å²) in [4.78, 5) is 9.31. The molecule has 1 saturated heterocycles. The highest BCUT2D eigenvalue weighted by Gasteiger charge is 2.30. The molecule has 3 aromatic carbocycles. The molecule has 0 spiro atoms. The Kier molecular flexibility index (Phi) is 6.87. The van der Waals surface area contributed by atoms with E-state index < -0.39 is 12.2 Å². The summed E-state index contributed by atoms with van der Waals surface area (Å²) in [7, 11) is 3.77. The van der Waals surface area contributed by atoms with Crippen molar-refractivity contribution < 1.29 is 17.9 Å². The van der Waals surface area contributed by atoms with Gasteiger partial charge >= 0.3 is 0 Å². The van der Waals surface area contributed by atoms with Crippen molar-refractivity contribution in [3.05, 3.63) is 83.2 Å². The molecule has 2 aliphatic rings. The number of aliphatic imine (C=N–C) groups is 1. The van der Waals surface area contributed by atoms with Crippen molar-refractivity contribution in [2.75, 3.05) is 39.1 Å². The van der Waals surface area contributed by atoms with Gasteiger partial charge in [0.2, 0.25) is 0 Å². The van der Waals surface area contributed by atoms with E-state index in [1.807, 2.05) is 12.1 Å². The van der Waals surface area contributed by atoms with Gasteiger partial charge in [-0.25, -0.2) is 18.2 Å². The summed E-state index contributed by atoms with van der Waals surface area (Å²) in [5, 5.41) is 3.27. The fraction of sp³-hybridized carbons (Fsp3) is 0.321. The highest BCUT2D eigenvalue weighted by atomic mass is 19.3. The molecule has 1 unspecified atom stereocenters. The monoisotopic (exact) mass is 494 g/mol. The quantitative estimate of drug-likeness (QED) is 0.462. The maximum Gasteiger partial charge on any atom is 0.263 e. The van der Waals surface area contributed by atoms with Crippen molar-refractivity contribution in [3.8, 4) is 5.75 Å². The van der Waals surface area contributed by atoms with E-state index in [-0.39, 0.29) is 11.6 Å². The van der Waals surface area contributed by atoms with Crippen LogP contribution in [-0.2, 0) is 6.42 Å². The molecule has 2 aliphatic heterocycles. The van der Waals surface area contributed by atoms with Gasteiger partial charge in [-0.05, 0) is 61.9 Å². The predicted molar refractivity (Wildman–Crippen MR) is 137 cm³/mol. The van der Waals surface area contributed by atoms with E-state index in [1.54, 1.807) is 19.2 Å². The van der Waals surface area contributed by atoms with E-state index in [0.29, 0.717) is 41.6 Å². The number of alkyl halides is 2. The van der Waals surface area contributed by atoms with Crippen molar-refractivity contribution in [1.29, 1.82) is 0 Å². The Morgan fingerprint density at radius 1 is 1.03 bits per heavy atom. The van der Waals surface area contributed by atoms with Crippen LogP contribution in [0.25, 0.3) is 0 Å². The van der Waals surface area contributed by atoms with Crippen LogP contribution in [0.4, 0.5) is 30.2 Å². The summed E-state index contributed by atoms with van der Waals surface area (Å²) < 4.78 is 46.6. The lowest BCUT2D eigenvalue weighted by molar-refractivity contribution is 0.134. The molecule has 8 heteroatoms. The lowest BCUT2D eigenvalue weighted by atomic mass is 10.0. The summed E-state index contributed by atoms with van der Waals surface area (Å²) in [6, 6.07) is 17.3. The molecule has 0 aliphatic carbocycles. The zero-order chi connectivity index (χ0) is 25.2. The molecule has 0 bridgehead atoms. The number of aryl methyl sites for hydroxylation is 1. The second kappa shape index (κ2) is 10.2. The van der Waals surface area contributed by atoms with Gasteiger partial charge in [-0.3, -0.25) is 4.90 Å². The molecule has 1 atom stereocenters. The van der Waals surface area contributed by atoms with Gasteiger partial charge in [0.05, 0.1) is 18.5 Å². The molecular weight excluding hydrogens is 465 g/mol. The van der Waals surface area contributed by atoms with E-state index in [2.05, 4.69) is 34.3 Å². The molecule has 0 saturated carbocycles. The number of likely N-dealkylation sites (N-methyl/N-ethyl adjacent to an activating group) is 1. The fourth-order valence-corrected chi connectivity index (χ4v) is 4.83. The number of methoxy groups -OCH3 is 1. The number of nitrogens with one attached hydrogen (secondary N) is 1. The molecule has 0 aromatic heterocycles. The molecule has 5 rings (SSSR count). The first kappa shape index (κ1) is 24.2. The normalized spacial score (nSPS) is 17.7. The van der Waals surface area contributed by atoms with Crippen molar-refractivity contribution >= 4 is 22.9 Å². The van der Waals surface area contributed by atoms with Crippen molar-refractivity contribution in [2.45, 2.75) is 25.3 Å². The highest BCUT2D eigenvalue weighted by molar-refractivity contribution is 6.08. The molecule has 188 valence electrons. The minimum atomic E-state index is -2.59. The Morgan fingerprint density at radius 2 is 1.81 bits per heavy atom. The minimum absolute atomic E-state index is 0.0643. The van der Waals surface area contributed by atoms with E-state index in [0.717, 1.165) is 25.1 Å². The molecule has 3 aromatic rings. The van der Waals surface area contributed by atoms with E-state index in [9.17, 15) is 13.2 Å². The summed E-state index contributed by atoms with van der Waals surface area (Å²) in [5.74, 6) is 1.03. The van der Waals surface area contributed by atoms with Gasteiger partial charge in [0, 0.05) is 48.6 Å². The van der Waals surface area contributed by atoms with Crippen molar-refractivity contribution in [3.63, 3.8) is 0 Å². The Morgan fingerprint density at radius 3 is 2.56 bits per heavy atom. The molecule has 0 amide bonds. The SMILES string of the molecule is COc1ccc(CCC2CN(C3=Nc4cc(F)ccc4Nc4ccc(C(F)F)cc43)CCN2C)cc1. The van der Waals surface area contributed by atoms with E-state index >= 15 is 0 Å². The average Bonchev–Trinajstić information content (AvgIpc) is 3.04. The van der Waals surface area contributed by atoms with Gasteiger partial charge in [-0.1, -0.05) is 18.2 Å². The Bertz CT molecular complexity index is 1260. The number of amidine groups is 1. The van der Waals surface area contributed by atoms with Crippen LogP contribution in [0.15, 0.2) is 65.7 Å². The summed E-state index contributed by atoms with van der Waals surface area (Å²) in [5.41, 5.74) is 3.54. The third kappa shape index (κ3) is 5.04. The first-order valence-electron chi connectivity index (χ1n) is 12.1. The number of nitrogens with zero attached hydrogens (tertiary/aromatic N) is 3. The van der Waals surface area contributed by atoms with Crippen LogP contribution in [0, 0.1) is 5.82 Å². The van der Waals surface area contributed by atoms with Crippen LogP contribution < -0.4 is 10.1 Å². The highest BCUT2D eigenvalue weighted by Crippen LogP contribution is 2.37. The topological polar surface area (TPSA) is 40.1 Å². The maximum absolute atomic E-state index is 14.1. The molecule has 36 heavy (non-hydrogen) atoms. The number of hydrogen-bond donors (Lipinski definition) is 1. The maximum atomic E-state index is 14.1. The van der Waals surface area contributed by atoms with Crippen molar-refractivity contribution in [1.82, 2.24) is 9.80 Å². The average molecular weight is 495 g/mol. The van der Waals surface area contributed by atoms with Crippen LogP contribution in [0.2, 0.25) is 0 Å². The lowest BCUT2D eigenvalue weighted by Gasteiger charge is -2.41. The molecule has 1 fully saturated rings. The molecule has 2 heterocycles. The number of hydrogen-bond acceptors (Lipinski definition) is 5. The van der Waals surface area contributed by atoms with Gasteiger partial charge in [0.1, 0.15) is 17.4 Å². The Labute approximate surface area is 209 Å². The smallest absolute Gasteiger partial charge is 0.263 e. The van der Waals surface area contributed by atoms with Crippen LogP contribution in [0.3, 0.4) is 0 Å². The number of ether oxygens (including phenoxy) is 1. The van der Waals surface area contributed by atoms with Gasteiger partial charge in [-0.2, -0.15) is 0 Å². The van der Waals surface area contributed by atoms with Gasteiger partial charge in [0.15, 0.2) is 0 Å². The number of rotatable bonds is 5. The van der Waals surface area contributed by atoms with Crippen LogP contribution in [0.1, 0.15) is 29.5 Å². The number of anilines is 2. The van der Waals surface area contributed by atoms with Crippen molar-refractivity contribution in [2.24, 2.45) is 4.99 Å². The molecule has 5 nitrogen and oxygen atoms in total. The third-order valence-electron chi connectivity index (χ3n) is 6.99. The van der Waals surface area contributed by atoms with Crippen LogP contribution in [-0.4, -0.2) is 55.5 Å². The first-order chi connectivity index (χ1) is 17.4. The molecule has 0 radical (unpaired) electrons. The summed E-state index contributed by atoms with van der Waals surface area (Å²) >= 11 is 0. The number of halogens is 3.